The van der Waals surface area contributed by atoms with E-state index in [1.165, 1.54) is 4.90 Å². The molecule has 0 bridgehead atoms. The Hall–Kier alpha value is -4.76. The van der Waals surface area contributed by atoms with Gasteiger partial charge in [-0.2, -0.15) is 0 Å². The standard InChI is InChI=1S/C36H44F2N6O6/c1-36(2,3)34(29-17-24(26-18-25(37)9-10-27(26)38)20-42(29)19-23-7-5-4-6-8-23)43(33(49)22-45)16-13-28(39)35(50)41-15-14-40-30(46)21-44-31(47)11-12-32(44)48/h4-12,17-18,20,28,30,34,40,45-46H,13-16,19,21-22,39H2,1-3H3,(H,41,50)/t28-,30?,34-/m0/s1. The van der Waals surface area contributed by atoms with Gasteiger partial charge in [0.2, 0.25) is 11.8 Å². The van der Waals surface area contributed by atoms with E-state index >= 15 is 0 Å². The van der Waals surface area contributed by atoms with Crippen LogP contribution >= 0.6 is 0 Å². The van der Waals surface area contributed by atoms with Gasteiger partial charge in [-0.15, -0.1) is 0 Å². The second-order valence-electron chi connectivity index (χ2n) is 13.2. The molecule has 6 N–H and O–H groups in total. The van der Waals surface area contributed by atoms with E-state index in [1.807, 2.05) is 55.7 Å². The van der Waals surface area contributed by atoms with E-state index < -0.39 is 65.6 Å². The highest BCUT2D eigenvalue weighted by atomic mass is 19.1. The molecule has 0 spiro atoms. The molecule has 1 unspecified atom stereocenters. The van der Waals surface area contributed by atoms with Crippen LogP contribution in [-0.4, -0.2) is 93.3 Å². The lowest BCUT2D eigenvalue weighted by Gasteiger charge is -2.41. The fourth-order valence-electron chi connectivity index (χ4n) is 5.91. The molecular weight excluding hydrogens is 650 g/mol. The third kappa shape index (κ3) is 9.69. The van der Waals surface area contributed by atoms with Gasteiger partial charge in [-0.25, -0.2) is 8.78 Å². The fraction of sp³-hybridized carbons (Fsp3) is 0.389. The molecule has 50 heavy (non-hydrogen) atoms. The first kappa shape index (κ1) is 38.0. The monoisotopic (exact) mass is 694 g/mol. The number of aliphatic hydroxyl groups excluding tert-OH is 2. The molecule has 0 saturated heterocycles. The van der Waals surface area contributed by atoms with Gasteiger partial charge < -0.3 is 30.7 Å². The molecule has 14 heteroatoms. The van der Waals surface area contributed by atoms with Gasteiger partial charge in [0, 0.05) is 61.3 Å². The quantitative estimate of drug-likeness (QED) is 0.0863. The maximum atomic E-state index is 15.0. The summed E-state index contributed by atoms with van der Waals surface area (Å²) in [6.45, 7) is 5.20. The van der Waals surface area contributed by atoms with Crippen LogP contribution in [0, 0.1) is 17.0 Å². The van der Waals surface area contributed by atoms with Crippen LogP contribution in [0.25, 0.3) is 11.1 Å². The average Bonchev–Trinajstić information content (AvgIpc) is 3.62. The summed E-state index contributed by atoms with van der Waals surface area (Å²) in [5.74, 6) is -3.38. The lowest BCUT2D eigenvalue weighted by atomic mass is 9.82. The minimum Gasteiger partial charge on any atom is -0.387 e. The highest BCUT2D eigenvalue weighted by Gasteiger charge is 2.37. The van der Waals surface area contributed by atoms with Gasteiger partial charge in [-0.05, 0) is 41.7 Å². The maximum Gasteiger partial charge on any atom is 0.253 e. The maximum absolute atomic E-state index is 15.0. The molecule has 2 aromatic carbocycles. The zero-order valence-electron chi connectivity index (χ0n) is 28.3. The van der Waals surface area contributed by atoms with Crippen molar-refractivity contribution in [1.82, 2.24) is 25.0 Å². The number of hydrogen-bond donors (Lipinski definition) is 5. The molecule has 0 aliphatic carbocycles. The van der Waals surface area contributed by atoms with Gasteiger partial charge in [0.05, 0.1) is 18.6 Å². The summed E-state index contributed by atoms with van der Waals surface area (Å²) in [6, 6.07) is 12.7. The summed E-state index contributed by atoms with van der Waals surface area (Å²) in [6.07, 6.45) is 2.76. The van der Waals surface area contributed by atoms with Crippen molar-refractivity contribution in [2.45, 2.75) is 52.0 Å². The van der Waals surface area contributed by atoms with E-state index in [0.29, 0.717) is 17.8 Å². The van der Waals surface area contributed by atoms with Crippen LogP contribution in [0.15, 0.2) is 72.9 Å². The first-order valence-electron chi connectivity index (χ1n) is 16.3. The van der Waals surface area contributed by atoms with Gasteiger partial charge in [-0.1, -0.05) is 51.1 Å². The number of benzene rings is 2. The van der Waals surface area contributed by atoms with Crippen LogP contribution in [0.2, 0.25) is 0 Å². The van der Waals surface area contributed by atoms with E-state index in [2.05, 4.69) is 10.6 Å². The number of hydrogen-bond acceptors (Lipinski definition) is 8. The third-order valence-electron chi connectivity index (χ3n) is 8.31. The van der Waals surface area contributed by atoms with Crippen molar-refractivity contribution >= 4 is 23.6 Å². The van der Waals surface area contributed by atoms with Crippen LogP contribution in [0.4, 0.5) is 8.78 Å². The van der Waals surface area contributed by atoms with Crippen molar-refractivity contribution in [1.29, 1.82) is 0 Å². The molecule has 2 heterocycles. The molecule has 268 valence electrons. The number of carbonyl (C=O) groups is 4. The SMILES string of the molecule is CC(C)(C)[C@H](c1cc(-c2cc(F)ccc2F)cn1Cc1ccccc1)N(CC[C@H](N)C(=O)NCCNC(O)CN1C(=O)C=CC1=O)C(=O)CO. The molecule has 3 atom stereocenters. The van der Waals surface area contributed by atoms with Crippen molar-refractivity contribution in [3.63, 3.8) is 0 Å². The summed E-state index contributed by atoms with van der Waals surface area (Å²) in [7, 11) is 0. The van der Waals surface area contributed by atoms with Crippen LogP contribution < -0.4 is 16.4 Å². The topological polar surface area (TPSA) is 170 Å². The molecule has 1 aliphatic rings. The molecular formula is C36H44F2N6O6. The Labute approximate surface area is 289 Å². The number of nitrogens with one attached hydrogen (secondary N) is 2. The second-order valence-corrected chi connectivity index (χ2v) is 13.2. The zero-order chi connectivity index (χ0) is 36.6. The predicted molar refractivity (Wildman–Crippen MR) is 182 cm³/mol. The summed E-state index contributed by atoms with van der Waals surface area (Å²) >= 11 is 0. The number of halogens is 2. The Morgan fingerprint density at radius 2 is 1.68 bits per heavy atom. The number of aromatic nitrogens is 1. The fourth-order valence-corrected chi connectivity index (χ4v) is 5.91. The van der Waals surface area contributed by atoms with Gasteiger partial charge in [0.1, 0.15) is 24.5 Å². The molecule has 0 saturated carbocycles. The third-order valence-corrected chi connectivity index (χ3v) is 8.31. The van der Waals surface area contributed by atoms with Gasteiger partial charge in [0.15, 0.2) is 0 Å². The molecule has 4 amide bonds. The number of nitrogens with two attached hydrogens (primary N) is 1. The first-order valence-corrected chi connectivity index (χ1v) is 16.3. The average molecular weight is 695 g/mol. The Balaban J connectivity index is 1.50. The summed E-state index contributed by atoms with van der Waals surface area (Å²) < 4.78 is 31.1. The molecule has 1 aliphatic heterocycles. The summed E-state index contributed by atoms with van der Waals surface area (Å²) in [5.41, 5.74) is 7.58. The van der Waals surface area contributed by atoms with Gasteiger partial charge >= 0.3 is 0 Å². The Morgan fingerprint density at radius 1 is 1.00 bits per heavy atom. The Bertz CT molecular complexity index is 1690. The van der Waals surface area contributed by atoms with Crippen LogP contribution in [0.3, 0.4) is 0 Å². The summed E-state index contributed by atoms with van der Waals surface area (Å²) in [5, 5.41) is 25.5. The van der Waals surface area contributed by atoms with Crippen molar-refractivity contribution < 1.29 is 38.2 Å². The summed E-state index contributed by atoms with van der Waals surface area (Å²) in [4.78, 5) is 51.9. The predicted octanol–water partition coefficient (Wildman–Crippen LogP) is 2.06. The highest BCUT2D eigenvalue weighted by Crippen LogP contribution is 2.41. The van der Waals surface area contributed by atoms with Gasteiger partial charge in [-0.3, -0.25) is 29.4 Å². The van der Waals surface area contributed by atoms with Gasteiger partial charge in [0.25, 0.3) is 11.8 Å². The van der Waals surface area contributed by atoms with Crippen molar-refractivity contribution in [2.75, 3.05) is 32.8 Å². The minimum atomic E-state index is -1.21. The largest absolute Gasteiger partial charge is 0.387 e. The van der Waals surface area contributed by atoms with E-state index in [1.54, 1.807) is 12.3 Å². The van der Waals surface area contributed by atoms with E-state index in [0.717, 1.165) is 40.8 Å². The normalized spacial score (nSPS) is 14.9. The van der Waals surface area contributed by atoms with E-state index in [9.17, 15) is 38.2 Å². The minimum absolute atomic E-state index is 0.0149. The number of rotatable bonds is 16. The zero-order valence-corrected chi connectivity index (χ0v) is 28.3. The second kappa shape index (κ2) is 16.8. The molecule has 1 aromatic heterocycles. The Kier molecular flexibility index (Phi) is 12.8. The highest BCUT2D eigenvalue weighted by molar-refractivity contribution is 6.12. The number of nitrogens with zero attached hydrogens (tertiary/aromatic N) is 3. The number of carbonyl (C=O) groups excluding carboxylic acids is 4. The molecule has 0 radical (unpaired) electrons. The molecule has 12 nitrogen and oxygen atoms in total. The van der Waals surface area contributed by atoms with Crippen molar-refractivity contribution in [2.24, 2.45) is 11.1 Å². The number of aliphatic hydroxyl groups is 2. The lowest BCUT2D eigenvalue weighted by Crippen LogP contribution is -2.49. The van der Waals surface area contributed by atoms with Crippen LogP contribution in [-0.2, 0) is 25.7 Å². The lowest BCUT2D eigenvalue weighted by molar-refractivity contribution is -0.140. The Morgan fingerprint density at radius 3 is 2.32 bits per heavy atom. The number of imide groups is 1. The van der Waals surface area contributed by atoms with Crippen molar-refractivity contribution in [3.05, 3.63) is 95.8 Å². The van der Waals surface area contributed by atoms with Crippen LogP contribution in [0.5, 0.6) is 0 Å². The molecule has 4 rings (SSSR count). The smallest absolute Gasteiger partial charge is 0.253 e. The van der Waals surface area contributed by atoms with E-state index in [-0.39, 0.29) is 38.2 Å². The number of β-amino-alcohol motifs (C(OH)–C–C–N with tert-alkyl or cyclic N) is 1. The number of amides is 4. The van der Waals surface area contributed by atoms with Crippen molar-refractivity contribution in [3.8, 4) is 11.1 Å². The van der Waals surface area contributed by atoms with Crippen LogP contribution in [0.1, 0.15) is 44.5 Å². The van der Waals surface area contributed by atoms with E-state index in [4.69, 9.17) is 5.73 Å². The molecule has 3 aromatic rings. The first-order chi connectivity index (χ1) is 23.7. The molecule has 0 fully saturated rings.